The lowest BCUT2D eigenvalue weighted by molar-refractivity contribution is 0.0945. The van der Waals surface area contributed by atoms with Crippen LogP contribution in [-0.4, -0.2) is 24.4 Å². The lowest BCUT2D eigenvalue weighted by Gasteiger charge is -2.16. The molecule has 118 valence electrons. The van der Waals surface area contributed by atoms with Gasteiger partial charge in [0.1, 0.15) is 5.75 Å². The minimum Gasteiger partial charge on any atom is -0.491 e. The predicted molar refractivity (Wildman–Crippen MR) is 88.3 cm³/mol. The van der Waals surface area contributed by atoms with Gasteiger partial charge in [-0.15, -0.1) is 11.6 Å². The molecule has 1 unspecified atom stereocenters. The second kappa shape index (κ2) is 9.67. The molecule has 4 heteroatoms. The van der Waals surface area contributed by atoms with Crippen LogP contribution in [0.2, 0.25) is 0 Å². The van der Waals surface area contributed by atoms with Crippen molar-refractivity contribution in [2.24, 2.45) is 5.92 Å². The summed E-state index contributed by atoms with van der Waals surface area (Å²) in [6.45, 7) is 6.76. The van der Waals surface area contributed by atoms with Gasteiger partial charge >= 0.3 is 0 Å². The lowest BCUT2D eigenvalue weighted by atomic mass is 10.0. The van der Waals surface area contributed by atoms with Crippen molar-refractivity contribution in [3.63, 3.8) is 0 Å². The summed E-state index contributed by atoms with van der Waals surface area (Å²) in [4.78, 5) is 12.2. The van der Waals surface area contributed by atoms with Crippen LogP contribution in [0.15, 0.2) is 24.3 Å². The molecule has 0 radical (unpaired) electrons. The van der Waals surface area contributed by atoms with E-state index in [1.807, 2.05) is 26.0 Å². The van der Waals surface area contributed by atoms with Crippen LogP contribution in [0.5, 0.6) is 5.75 Å². The third-order valence-corrected chi connectivity index (χ3v) is 3.45. The molecule has 0 aliphatic rings. The van der Waals surface area contributed by atoms with E-state index in [0.717, 1.165) is 25.0 Å². The molecule has 21 heavy (non-hydrogen) atoms. The van der Waals surface area contributed by atoms with Crippen LogP contribution >= 0.6 is 11.6 Å². The Kier molecular flexibility index (Phi) is 8.21. The maximum atomic E-state index is 12.2. The van der Waals surface area contributed by atoms with Crippen LogP contribution < -0.4 is 10.1 Å². The van der Waals surface area contributed by atoms with Crippen molar-refractivity contribution < 1.29 is 9.53 Å². The van der Waals surface area contributed by atoms with Crippen LogP contribution in [0.1, 0.15) is 50.4 Å². The number of ether oxygens (including phenoxy) is 1. The molecule has 1 aromatic carbocycles. The second-order valence-corrected chi connectivity index (χ2v) is 5.91. The summed E-state index contributed by atoms with van der Waals surface area (Å²) in [5.74, 6) is 1.76. The highest BCUT2D eigenvalue weighted by Gasteiger charge is 2.11. The molecule has 0 saturated carbocycles. The minimum atomic E-state index is -0.0557. The first-order valence-corrected chi connectivity index (χ1v) is 8.21. The third-order valence-electron chi connectivity index (χ3n) is 3.23. The zero-order chi connectivity index (χ0) is 15.7. The van der Waals surface area contributed by atoms with E-state index in [1.54, 1.807) is 12.1 Å². The van der Waals surface area contributed by atoms with Gasteiger partial charge in [0, 0.05) is 18.0 Å². The second-order valence-electron chi connectivity index (χ2n) is 5.54. The monoisotopic (exact) mass is 311 g/mol. The summed E-state index contributed by atoms with van der Waals surface area (Å²) in [6, 6.07) is 7.30. The van der Waals surface area contributed by atoms with Crippen molar-refractivity contribution in [2.45, 2.75) is 46.1 Å². The number of nitrogens with one attached hydrogen (secondary N) is 1. The molecule has 1 N–H and O–H groups in total. The molecule has 0 fully saturated rings. The van der Waals surface area contributed by atoms with Crippen molar-refractivity contribution in [2.75, 3.05) is 12.4 Å². The van der Waals surface area contributed by atoms with Crippen LogP contribution in [0, 0.1) is 5.92 Å². The summed E-state index contributed by atoms with van der Waals surface area (Å²) < 4.78 is 5.61. The summed E-state index contributed by atoms with van der Waals surface area (Å²) in [7, 11) is 0. The maximum absolute atomic E-state index is 12.2. The molecule has 0 saturated heterocycles. The third kappa shape index (κ3) is 6.85. The molecule has 1 rings (SSSR count). The van der Waals surface area contributed by atoms with Gasteiger partial charge in [-0.05, 0) is 50.8 Å². The molecule has 0 aromatic heterocycles. The highest BCUT2D eigenvalue weighted by Crippen LogP contribution is 2.15. The first kappa shape index (κ1) is 17.8. The van der Waals surface area contributed by atoms with Gasteiger partial charge < -0.3 is 10.1 Å². The van der Waals surface area contributed by atoms with Crippen LogP contribution in [0.3, 0.4) is 0 Å². The van der Waals surface area contributed by atoms with Gasteiger partial charge in [-0.3, -0.25) is 4.79 Å². The van der Waals surface area contributed by atoms with Gasteiger partial charge in [0.2, 0.25) is 0 Å². The van der Waals surface area contributed by atoms with E-state index in [1.165, 1.54) is 0 Å². The molecule has 1 amide bonds. The average Bonchev–Trinajstić information content (AvgIpc) is 2.44. The Bertz CT molecular complexity index is 429. The van der Waals surface area contributed by atoms with Crippen molar-refractivity contribution in [1.29, 1.82) is 0 Å². The molecule has 0 spiro atoms. The Labute approximate surface area is 133 Å². The molecule has 0 aliphatic heterocycles. The SMILES string of the molecule is CCCC(CCCl)CNC(=O)c1cccc(OC(C)C)c1. The van der Waals surface area contributed by atoms with Gasteiger partial charge in [-0.1, -0.05) is 19.4 Å². The van der Waals surface area contributed by atoms with Crippen LogP contribution in [0.25, 0.3) is 0 Å². The molecular formula is C17H26ClNO2. The Morgan fingerprint density at radius 1 is 1.33 bits per heavy atom. The Morgan fingerprint density at radius 3 is 2.71 bits per heavy atom. The summed E-state index contributed by atoms with van der Waals surface area (Å²) >= 11 is 5.80. The molecular weight excluding hydrogens is 286 g/mol. The number of amides is 1. The summed E-state index contributed by atoms with van der Waals surface area (Å²) in [5.41, 5.74) is 0.634. The number of hydrogen-bond donors (Lipinski definition) is 1. The van der Waals surface area contributed by atoms with E-state index in [0.29, 0.717) is 23.9 Å². The topological polar surface area (TPSA) is 38.3 Å². The highest BCUT2D eigenvalue weighted by atomic mass is 35.5. The zero-order valence-electron chi connectivity index (χ0n) is 13.2. The van der Waals surface area contributed by atoms with Gasteiger partial charge in [0.15, 0.2) is 0 Å². The Balaban J connectivity index is 2.58. The van der Waals surface area contributed by atoms with Crippen molar-refractivity contribution in [3.05, 3.63) is 29.8 Å². The van der Waals surface area contributed by atoms with E-state index in [9.17, 15) is 4.79 Å². The molecule has 1 atom stereocenters. The van der Waals surface area contributed by atoms with Crippen molar-refractivity contribution in [3.8, 4) is 5.75 Å². The fraction of sp³-hybridized carbons (Fsp3) is 0.588. The van der Waals surface area contributed by atoms with Gasteiger partial charge in [-0.2, -0.15) is 0 Å². The van der Waals surface area contributed by atoms with E-state index in [-0.39, 0.29) is 12.0 Å². The fourth-order valence-corrected chi connectivity index (χ4v) is 2.54. The Hall–Kier alpha value is -1.22. The van der Waals surface area contributed by atoms with E-state index in [4.69, 9.17) is 16.3 Å². The predicted octanol–water partition coefficient (Wildman–Crippen LogP) is 4.25. The number of hydrogen-bond acceptors (Lipinski definition) is 2. The molecule has 0 aliphatic carbocycles. The lowest BCUT2D eigenvalue weighted by Crippen LogP contribution is -2.29. The van der Waals surface area contributed by atoms with E-state index in [2.05, 4.69) is 12.2 Å². The van der Waals surface area contributed by atoms with Crippen LogP contribution in [-0.2, 0) is 0 Å². The van der Waals surface area contributed by atoms with Gasteiger partial charge in [-0.25, -0.2) is 0 Å². The largest absolute Gasteiger partial charge is 0.491 e. The standard InChI is InChI=1S/C17H26ClNO2/c1-4-6-14(9-10-18)12-19-17(20)15-7-5-8-16(11-15)21-13(2)3/h5,7-8,11,13-14H,4,6,9-10,12H2,1-3H3,(H,19,20). The number of rotatable bonds is 9. The van der Waals surface area contributed by atoms with Crippen LogP contribution in [0.4, 0.5) is 0 Å². The fourth-order valence-electron chi connectivity index (χ4n) is 2.23. The molecule has 0 heterocycles. The van der Waals surface area contributed by atoms with Crippen molar-refractivity contribution >= 4 is 17.5 Å². The highest BCUT2D eigenvalue weighted by molar-refractivity contribution is 6.17. The van der Waals surface area contributed by atoms with E-state index >= 15 is 0 Å². The molecule has 0 bridgehead atoms. The first-order valence-electron chi connectivity index (χ1n) is 7.67. The van der Waals surface area contributed by atoms with Gasteiger partial charge in [0.25, 0.3) is 5.91 Å². The summed E-state index contributed by atoms with van der Waals surface area (Å²) in [5, 5.41) is 3.00. The number of halogens is 1. The molecule has 1 aromatic rings. The number of carbonyl (C=O) groups excluding carboxylic acids is 1. The smallest absolute Gasteiger partial charge is 0.251 e. The number of benzene rings is 1. The first-order chi connectivity index (χ1) is 10.1. The van der Waals surface area contributed by atoms with Gasteiger partial charge in [0.05, 0.1) is 6.10 Å². The normalized spacial score (nSPS) is 12.2. The molecule has 3 nitrogen and oxygen atoms in total. The maximum Gasteiger partial charge on any atom is 0.251 e. The quantitative estimate of drug-likeness (QED) is 0.692. The van der Waals surface area contributed by atoms with E-state index < -0.39 is 0 Å². The zero-order valence-corrected chi connectivity index (χ0v) is 14.0. The minimum absolute atomic E-state index is 0.0557. The number of alkyl halides is 1. The average molecular weight is 312 g/mol. The van der Waals surface area contributed by atoms with Crippen molar-refractivity contribution in [1.82, 2.24) is 5.32 Å². The summed E-state index contributed by atoms with van der Waals surface area (Å²) in [6.07, 6.45) is 3.23. The Morgan fingerprint density at radius 2 is 2.10 bits per heavy atom. The number of carbonyl (C=O) groups is 1.